The molecule has 2 aromatic rings. The number of methoxy groups -OCH3 is 1. The highest BCUT2D eigenvalue weighted by atomic mass is 19.1. The van der Waals surface area contributed by atoms with E-state index in [2.05, 4.69) is 5.32 Å². The van der Waals surface area contributed by atoms with Crippen LogP contribution in [0.3, 0.4) is 0 Å². The lowest BCUT2D eigenvalue weighted by Gasteiger charge is -2.31. The Labute approximate surface area is 178 Å². The number of hydrogen-bond donors (Lipinski definition) is 1. The maximum absolute atomic E-state index is 13.3. The van der Waals surface area contributed by atoms with E-state index >= 15 is 0 Å². The maximum Gasteiger partial charge on any atom is 0.243 e. The Morgan fingerprint density at radius 3 is 2.13 bits per heavy atom. The van der Waals surface area contributed by atoms with Gasteiger partial charge in [-0.2, -0.15) is 0 Å². The standard InChI is InChI=1S/C24H31FN2O3/c1-5-17(3)26-24(29)22(6-2)27(16-19-7-11-20(25)12-8-19)23(28)15-18-9-13-21(30-4)14-10-18/h7-14,17,22H,5-6,15-16H2,1-4H3,(H,26,29). The monoisotopic (exact) mass is 414 g/mol. The molecule has 0 aliphatic carbocycles. The number of halogens is 1. The third kappa shape index (κ3) is 6.58. The summed E-state index contributed by atoms with van der Waals surface area (Å²) in [6, 6.07) is 12.7. The smallest absolute Gasteiger partial charge is 0.243 e. The Hall–Kier alpha value is -2.89. The quantitative estimate of drug-likeness (QED) is 0.637. The second kappa shape index (κ2) is 11.3. The fourth-order valence-electron chi connectivity index (χ4n) is 3.17. The molecule has 0 aromatic heterocycles. The summed E-state index contributed by atoms with van der Waals surface area (Å²) in [4.78, 5) is 27.7. The molecule has 2 atom stereocenters. The van der Waals surface area contributed by atoms with Crippen molar-refractivity contribution in [3.05, 3.63) is 65.5 Å². The van der Waals surface area contributed by atoms with Gasteiger partial charge in [-0.15, -0.1) is 0 Å². The second-order valence-electron chi connectivity index (χ2n) is 7.41. The summed E-state index contributed by atoms with van der Waals surface area (Å²) in [5, 5.41) is 2.98. The second-order valence-corrected chi connectivity index (χ2v) is 7.41. The molecule has 0 aliphatic heterocycles. The van der Waals surface area contributed by atoms with Crippen molar-refractivity contribution in [3.8, 4) is 5.75 Å². The molecule has 2 aromatic carbocycles. The minimum atomic E-state index is -0.602. The SMILES string of the molecule is CCC(C)NC(=O)C(CC)N(Cc1ccc(F)cc1)C(=O)Cc1ccc(OC)cc1. The van der Waals surface area contributed by atoms with E-state index in [1.165, 1.54) is 12.1 Å². The lowest BCUT2D eigenvalue weighted by atomic mass is 10.1. The summed E-state index contributed by atoms with van der Waals surface area (Å²) in [7, 11) is 1.59. The van der Waals surface area contributed by atoms with Crippen molar-refractivity contribution in [3.63, 3.8) is 0 Å². The van der Waals surface area contributed by atoms with E-state index in [9.17, 15) is 14.0 Å². The molecular weight excluding hydrogens is 383 g/mol. The fourth-order valence-corrected chi connectivity index (χ4v) is 3.17. The molecule has 0 aliphatic rings. The Kier molecular flexibility index (Phi) is 8.84. The summed E-state index contributed by atoms with van der Waals surface area (Å²) in [6.07, 6.45) is 1.45. The molecule has 0 heterocycles. The van der Waals surface area contributed by atoms with Crippen LogP contribution in [0.15, 0.2) is 48.5 Å². The lowest BCUT2D eigenvalue weighted by molar-refractivity contribution is -0.141. The Morgan fingerprint density at radius 2 is 1.60 bits per heavy atom. The molecule has 6 heteroatoms. The van der Waals surface area contributed by atoms with E-state index in [-0.39, 0.29) is 36.6 Å². The van der Waals surface area contributed by atoms with Crippen LogP contribution in [0.25, 0.3) is 0 Å². The van der Waals surface area contributed by atoms with Crippen LogP contribution >= 0.6 is 0 Å². The maximum atomic E-state index is 13.3. The summed E-state index contributed by atoms with van der Waals surface area (Å²) in [5.41, 5.74) is 1.61. The van der Waals surface area contributed by atoms with Crippen LogP contribution in [0.4, 0.5) is 4.39 Å². The van der Waals surface area contributed by atoms with Crippen molar-refractivity contribution >= 4 is 11.8 Å². The number of amides is 2. The lowest BCUT2D eigenvalue weighted by Crippen LogP contribution is -2.51. The summed E-state index contributed by atoms with van der Waals surface area (Å²) < 4.78 is 18.5. The molecule has 162 valence electrons. The molecule has 0 saturated heterocycles. The Morgan fingerprint density at radius 1 is 1.00 bits per heavy atom. The van der Waals surface area contributed by atoms with E-state index in [1.54, 1.807) is 36.3 Å². The van der Waals surface area contributed by atoms with E-state index in [1.807, 2.05) is 32.9 Å². The van der Waals surface area contributed by atoms with Crippen molar-refractivity contribution in [2.45, 2.75) is 58.7 Å². The molecular formula is C24H31FN2O3. The highest BCUT2D eigenvalue weighted by Gasteiger charge is 2.29. The van der Waals surface area contributed by atoms with Crippen LogP contribution in [0.1, 0.15) is 44.7 Å². The third-order valence-corrected chi connectivity index (χ3v) is 5.17. The van der Waals surface area contributed by atoms with Crippen molar-refractivity contribution in [2.75, 3.05) is 7.11 Å². The molecule has 0 radical (unpaired) electrons. The summed E-state index contributed by atoms with van der Waals surface area (Å²) >= 11 is 0. The van der Waals surface area contributed by atoms with Gasteiger partial charge >= 0.3 is 0 Å². The largest absolute Gasteiger partial charge is 0.497 e. The molecule has 2 unspecified atom stereocenters. The molecule has 30 heavy (non-hydrogen) atoms. The zero-order valence-corrected chi connectivity index (χ0v) is 18.2. The van der Waals surface area contributed by atoms with Gasteiger partial charge in [0.2, 0.25) is 11.8 Å². The molecule has 0 saturated carbocycles. The average Bonchev–Trinajstić information content (AvgIpc) is 2.75. The summed E-state index contributed by atoms with van der Waals surface area (Å²) in [5.74, 6) is 0.0535. The van der Waals surface area contributed by atoms with E-state index in [4.69, 9.17) is 4.74 Å². The van der Waals surface area contributed by atoms with Gasteiger partial charge in [-0.3, -0.25) is 9.59 Å². The Bertz CT molecular complexity index is 821. The number of benzene rings is 2. The van der Waals surface area contributed by atoms with Gasteiger partial charge in [0.15, 0.2) is 0 Å². The van der Waals surface area contributed by atoms with Gasteiger partial charge in [0.1, 0.15) is 17.6 Å². The van der Waals surface area contributed by atoms with Crippen LogP contribution in [0.2, 0.25) is 0 Å². The minimum absolute atomic E-state index is 0.0240. The topological polar surface area (TPSA) is 58.6 Å². The first-order valence-corrected chi connectivity index (χ1v) is 10.3. The number of carbonyl (C=O) groups excluding carboxylic acids is 2. The first-order chi connectivity index (χ1) is 14.4. The van der Waals surface area contributed by atoms with Crippen LogP contribution in [-0.2, 0) is 22.6 Å². The van der Waals surface area contributed by atoms with E-state index in [0.29, 0.717) is 12.2 Å². The average molecular weight is 415 g/mol. The third-order valence-electron chi connectivity index (χ3n) is 5.17. The molecule has 0 spiro atoms. The molecule has 5 nitrogen and oxygen atoms in total. The van der Waals surface area contributed by atoms with Gasteiger partial charge in [0.25, 0.3) is 0 Å². The number of nitrogens with zero attached hydrogens (tertiary/aromatic N) is 1. The van der Waals surface area contributed by atoms with Gasteiger partial charge in [0.05, 0.1) is 13.5 Å². The van der Waals surface area contributed by atoms with Gasteiger partial charge in [-0.05, 0) is 55.2 Å². The first-order valence-electron chi connectivity index (χ1n) is 10.3. The van der Waals surface area contributed by atoms with Crippen molar-refractivity contribution in [1.29, 1.82) is 0 Å². The van der Waals surface area contributed by atoms with E-state index in [0.717, 1.165) is 17.5 Å². The summed E-state index contributed by atoms with van der Waals surface area (Å²) in [6.45, 7) is 6.06. The van der Waals surface area contributed by atoms with Crippen molar-refractivity contribution in [1.82, 2.24) is 10.2 Å². The molecule has 2 rings (SSSR count). The zero-order chi connectivity index (χ0) is 22.1. The highest BCUT2D eigenvalue weighted by Crippen LogP contribution is 2.17. The van der Waals surface area contributed by atoms with Gasteiger partial charge in [-0.25, -0.2) is 4.39 Å². The number of hydrogen-bond acceptors (Lipinski definition) is 3. The number of nitrogens with one attached hydrogen (secondary N) is 1. The van der Waals surface area contributed by atoms with Gasteiger partial charge in [0, 0.05) is 12.6 Å². The molecule has 1 N–H and O–H groups in total. The van der Waals surface area contributed by atoms with Crippen LogP contribution in [0, 0.1) is 5.82 Å². The first kappa shape index (κ1) is 23.4. The number of rotatable bonds is 10. The van der Waals surface area contributed by atoms with Gasteiger partial charge < -0.3 is 15.0 Å². The van der Waals surface area contributed by atoms with Gasteiger partial charge in [-0.1, -0.05) is 38.1 Å². The van der Waals surface area contributed by atoms with Crippen LogP contribution in [-0.4, -0.2) is 35.9 Å². The minimum Gasteiger partial charge on any atom is -0.497 e. The number of carbonyl (C=O) groups is 2. The molecule has 2 amide bonds. The predicted octanol–water partition coefficient (Wildman–Crippen LogP) is 4.10. The highest BCUT2D eigenvalue weighted by molar-refractivity contribution is 5.88. The van der Waals surface area contributed by atoms with Crippen molar-refractivity contribution in [2.24, 2.45) is 0 Å². The Balaban J connectivity index is 2.26. The van der Waals surface area contributed by atoms with E-state index < -0.39 is 6.04 Å². The predicted molar refractivity (Wildman–Crippen MR) is 116 cm³/mol. The van der Waals surface area contributed by atoms with Crippen LogP contribution < -0.4 is 10.1 Å². The van der Waals surface area contributed by atoms with Crippen LogP contribution in [0.5, 0.6) is 5.75 Å². The van der Waals surface area contributed by atoms with Crippen molar-refractivity contribution < 1.29 is 18.7 Å². The zero-order valence-electron chi connectivity index (χ0n) is 18.2. The molecule has 0 bridgehead atoms. The molecule has 0 fully saturated rings. The normalized spacial score (nSPS) is 12.7. The number of ether oxygens (including phenoxy) is 1. The fraction of sp³-hybridized carbons (Fsp3) is 0.417.